The highest BCUT2D eigenvalue weighted by molar-refractivity contribution is 5.45. The van der Waals surface area contributed by atoms with Crippen LogP contribution in [0.2, 0.25) is 0 Å². The molecule has 0 atom stereocenters. The maximum atomic E-state index is 13.6. The fourth-order valence-corrected chi connectivity index (χ4v) is 1.53. The summed E-state index contributed by atoms with van der Waals surface area (Å²) in [7, 11) is 1.52. The first-order chi connectivity index (χ1) is 6.38. The van der Waals surface area contributed by atoms with Gasteiger partial charge in [-0.25, -0.2) is 4.39 Å². The van der Waals surface area contributed by atoms with E-state index in [1.54, 1.807) is 19.9 Å². The van der Waals surface area contributed by atoms with Crippen LogP contribution in [0, 0.1) is 12.7 Å². The number of rotatable bonds is 2. The number of ether oxygens (including phenoxy) is 1. The van der Waals surface area contributed by atoms with Crippen molar-refractivity contribution in [3.63, 3.8) is 0 Å². The topological polar surface area (TPSA) is 35.2 Å². The molecule has 2 nitrogen and oxygen atoms in total. The first-order valence-corrected chi connectivity index (χ1v) is 4.50. The number of halogens is 1. The van der Waals surface area contributed by atoms with Gasteiger partial charge in [-0.2, -0.15) is 0 Å². The molecule has 1 aromatic carbocycles. The van der Waals surface area contributed by atoms with Gasteiger partial charge in [-0.1, -0.05) is 6.07 Å². The molecule has 0 aliphatic rings. The van der Waals surface area contributed by atoms with Crippen LogP contribution >= 0.6 is 0 Å². The van der Waals surface area contributed by atoms with E-state index in [2.05, 4.69) is 0 Å². The van der Waals surface area contributed by atoms with E-state index >= 15 is 0 Å². The molecule has 1 aromatic rings. The van der Waals surface area contributed by atoms with Crippen molar-refractivity contribution in [1.29, 1.82) is 0 Å². The monoisotopic (exact) mass is 197 g/mol. The molecule has 78 valence electrons. The van der Waals surface area contributed by atoms with E-state index in [1.807, 2.05) is 6.92 Å². The van der Waals surface area contributed by atoms with Crippen molar-refractivity contribution in [2.24, 2.45) is 5.73 Å². The highest BCUT2D eigenvalue weighted by atomic mass is 19.1. The molecule has 2 N–H and O–H groups in total. The minimum atomic E-state index is -0.735. The fraction of sp³-hybridized carbons (Fsp3) is 0.455. The van der Waals surface area contributed by atoms with E-state index < -0.39 is 5.54 Å². The molecular formula is C11H16FNO. The lowest BCUT2D eigenvalue weighted by Crippen LogP contribution is -2.30. The van der Waals surface area contributed by atoms with Crippen LogP contribution in [-0.2, 0) is 5.54 Å². The van der Waals surface area contributed by atoms with Crippen molar-refractivity contribution in [3.8, 4) is 5.75 Å². The summed E-state index contributed by atoms with van der Waals surface area (Å²) in [6.07, 6.45) is 0. The maximum Gasteiger partial charge on any atom is 0.131 e. The Bertz CT molecular complexity index is 342. The molecule has 1 rings (SSSR count). The van der Waals surface area contributed by atoms with Gasteiger partial charge in [0.05, 0.1) is 7.11 Å². The molecular weight excluding hydrogens is 181 g/mol. The van der Waals surface area contributed by atoms with Crippen LogP contribution in [0.25, 0.3) is 0 Å². The van der Waals surface area contributed by atoms with Crippen LogP contribution in [0.1, 0.15) is 25.0 Å². The second-order valence-electron chi connectivity index (χ2n) is 3.99. The highest BCUT2D eigenvalue weighted by Crippen LogP contribution is 2.32. The van der Waals surface area contributed by atoms with Gasteiger partial charge < -0.3 is 10.5 Å². The van der Waals surface area contributed by atoms with Gasteiger partial charge in [0.15, 0.2) is 0 Å². The second-order valence-corrected chi connectivity index (χ2v) is 3.99. The van der Waals surface area contributed by atoms with Crippen molar-refractivity contribution in [3.05, 3.63) is 29.1 Å². The Morgan fingerprint density at radius 2 is 1.93 bits per heavy atom. The summed E-state index contributed by atoms with van der Waals surface area (Å²) in [5.74, 6) is 0.220. The molecule has 0 unspecified atom stereocenters. The summed E-state index contributed by atoms with van der Waals surface area (Å²) in [6, 6.07) is 3.10. The Hall–Kier alpha value is -1.09. The zero-order valence-electron chi connectivity index (χ0n) is 9.02. The van der Waals surface area contributed by atoms with Crippen molar-refractivity contribution < 1.29 is 9.13 Å². The van der Waals surface area contributed by atoms with Crippen LogP contribution in [0.15, 0.2) is 12.1 Å². The molecule has 0 saturated carbocycles. The molecule has 14 heavy (non-hydrogen) atoms. The third-order valence-electron chi connectivity index (χ3n) is 2.15. The quantitative estimate of drug-likeness (QED) is 0.789. The lowest BCUT2D eigenvalue weighted by molar-refractivity contribution is 0.381. The molecule has 3 heteroatoms. The zero-order valence-corrected chi connectivity index (χ0v) is 9.02. The molecule has 0 bridgehead atoms. The second kappa shape index (κ2) is 3.58. The van der Waals surface area contributed by atoms with Gasteiger partial charge in [-0.05, 0) is 32.4 Å². The van der Waals surface area contributed by atoms with Gasteiger partial charge in [0, 0.05) is 11.1 Å². The summed E-state index contributed by atoms with van der Waals surface area (Å²) in [5, 5.41) is 0. The standard InChI is InChI=1S/C11H16FNO/c1-7-5-6-8(12)9(10(7)14-4)11(2,3)13/h5-6H,13H2,1-4H3. The molecule has 0 amide bonds. The number of benzene rings is 1. The summed E-state index contributed by atoms with van der Waals surface area (Å²) < 4.78 is 18.7. The lowest BCUT2D eigenvalue weighted by Gasteiger charge is -2.23. The Morgan fingerprint density at radius 3 is 2.29 bits per heavy atom. The molecule has 0 aliphatic carbocycles. The van der Waals surface area contributed by atoms with Crippen LogP contribution in [-0.4, -0.2) is 7.11 Å². The fourth-order valence-electron chi connectivity index (χ4n) is 1.53. The lowest BCUT2D eigenvalue weighted by atomic mass is 9.92. The number of hydrogen-bond donors (Lipinski definition) is 1. The van der Waals surface area contributed by atoms with Crippen molar-refractivity contribution >= 4 is 0 Å². The van der Waals surface area contributed by atoms with Gasteiger partial charge in [-0.15, -0.1) is 0 Å². The van der Waals surface area contributed by atoms with Crippen molar-refractivity contribution in [1.82, 2.24) is 0 Å². The normalized spacial score (nSPS) is 11.6. The van der Waals surface area contributed by atoms with Gasteiger partial charge >= 0.3 is 0 Å². The van der Waals surface area contributed by atoms with Crippen LogP contribution < -0.4 is 10.5 Å². The third-order valence-corrected chi connectivity index (χ3v) is 2.15. The Morgan fingerprint density at radius 1 is 1.36 bits per heavy atom. The van der Waals surface area contributed by atoms with E-state index in [0.29, 0.717) is 11.3 Å². The average molecular weight is 197 g/mol. The minimum Gasteiger partial charge on any atom is -0.496 e. The first-order valence-electron chi connectivity index (χ1n) is 4.50. The van der Waals surface area contributed by atoms with Crippen LogP contribution in [0.3, 0.4) is 0 Å². The average Bonchev–Trinajstić information content (AvgIpc) is 2.06. The van der Waals surface area contributed by atoms with E-state index in [4.69, 9.17) is 10.5 Å². The maximum absolute atomic E-state index is 13.6. The van der Waals surface area contributed by atoms with Gasteiger partial charge in [-0.3, -0.25) is 0 Å². The smallest absolute Gasteiger partial charge is 0.131 e. The Balaban J connectivity index is 3.46. The summed E-state index contributed by atoms with van der Waals surface area (Å²) in [4.78, 5) is 0. The molecule has 0 spiro atoms. The molecule has 0 aromatic heterocycles. The van der Waals surface area contributed by atoms with Crippen molar-refractivity contribution in [2.75, 3.05) is 7.11 Å². The van der Waals surface area contributed by atoms with Gasteiger partial charge in [0.2, 0.25) is 0 Å². The van der Waals surface area contributed by atoms with Crippen LogP contribution in [0.4, 0.5) is 4.39 Å². The largest absolute Gasteiger partial charge is 0.496 e. The molecule has 0 heterocycles. The number of nitrogens with two attached hydrogens (primary N) is 1. The van der Waals surface area contributed by atoms with E-state index in [1.165, 1.54) is 13.2 Å². The number of hydrogen-bond acceptors (Lipinski definition) is 2. The molecule has 0 fully saturated rings. The summed E-state index contributed by atoms with van der Waals surface area (Å²) in [5.41, 5.74) is 6.47. The van der Waals surface area contributed by atoms with E-state index in [0.717, 1.165) is 5.56 Å². The van der Waals surface area contributed by atoms with Gasteiger partial charge in [0.1, 0.15) is 11.6 Å². The summed E-state index contributed by atoms with van der Waals surface area (Å²) in [6.45, 7) is 5.38. The van der Waals surface area contributed by atoms with Gasteiger partial charge in [0.25, 0.3) is 0 Å². The Labute approximate surface area is 83.9 Å². The van der Waals surface area contributed by atoms with E-state index in [-0.39, 0.29) is 5.82 Å². The zero-order chi connectivity index (χ0) is 10.9. The molecule has 0 aliphatic heterocycles. The highest BCUT2D eigenvalue weighted by Gasteiger charge is 2.24. The minimum absolute atomic E-state index is 0.319. The van der Waals surface area contributed by atoms with Crippen molar-refractivity contribution in [2.45, 2.75) is 26.3 Å². The van der Waals surface area contributed by atoms with E-state index in [9.17, 15) is 4.39 Å². The molecule has 0 saturated heterocycles. The SMILES string of the molecule is COc1c(C)ccc(F)c1C(C)(C)N. The Kier molecular flexibility index (Phi) is 2.81. The molecule has 0 radical (unpaired) electrons. The first kappa shape index (κ1) is 11.0. The predicted octanol–water partition coefficient (Wildman–Crippen LogP) is 2.34. The number of aryl methyl sites for hydroxylation is 1. The summed E-state index contributed by atoms with van der Waals surface area (Å²) >= 11 is 0. The number of methoxy groups -OCH3 is 1. The predicted molar refractivity (Wildman–Crippen MR) is 54.9 cm³/mol. The van der Waals surface area contributed by atoms with Crippen LogP contribution in [0.5, 0.6) is 5.75 Å². The third kappa shape index (κ3) is 1.87.